The van der Waals surface area contributed by atoms with Gasteiger partial charge in [0.05, 0.1) is 8.68 Å². The van der Waals surface area contributed by atoms with Crippen molar-refractivity contribution in [2.24, 2.45) is 0 Å². The number of nitrogens with zero attached hydrogens (tertiary/aromatic N) is 2. The Morgan fingerprint density at radius 2 is 2.19 bits per heavy atom. The van der Waals surface area contributed by atoms with Crippen LogP contribution in [0.3, 0.4) is 0 Å². The Kier molecular flexibility index (Phi) is 5.37. The van der Waals surface area contributed by atoms with Crippen LogP contribution in [0.2, 0.25) is 0 Å². The van der Waals surface area contributed by atoms with Crippen LogP contribution in [0, 0.1) is 0 Å². The summed E-state index contributed by atoms with van der Waals surface area (Å²) in [6.07, 6.45) is 1.50. The van der Waals surface area contributed by atoms with Crippen molar-refractivity contribution in [1.29, 1.82) is 0 Å². The number of halogens is 1. The van der Waals surface area contributed by atoms with Gasteiger partial charge in [0.2, 0.25) is 10.0 Å². The van der Waals surface area contributed by atoms with Gasteiger partial charge in [0.15, 0.2) is 0 Å². The molecule has 2 rings (SSSR count). The quantitative estimate of drug-likeness (QED) is 0.823. The Morgan fingerprint density at radius 3 is 2.81 bits per heavy atom. The molecule has 114 valence electrons. The highest BCUT2D eigenvalue weighted by molar-refractivity contribution is 9.11. The van der Waals surface area contributed by atoms with Crippen LogP contribution < -0.4 is 5.32 Å². The van der Waals surface area contributed by atoms with Crippen LogP contribution in [-0.4, -0.2) is 31.3 Å². The van der Waals surface area contributed by atoms with Crippen molar-refractivity contribution in [3.63, 3.8) is 0 Å². The summed E-state index contributed by atoms with van der Waals surface area (Å²) in [6.45, 7) is 2.96. The Balaban J connectivity index is 2.22. The van der Waals surface area contributed by atoms with Crippen molar-refractivity contribution in [3.05, 3.63) is 39.1 Å². The standard InChI is InChI=1S/C13H16BrN3O2S2/c1-3-15-13-7-11(4-5-16-13)21(18,19)17(2)8-10-6-12(14)20-9-10/h4-7,9H,3,8H2,1-2H3,(H,15,16). The molecule has 2 aromatic rings. The van der Waals surface area contributed by atoms with E-state index >= 15 is 0 Å². The average Bonchev–Trinajstić information content (AvgIpc) is 2.85. The molecule has 0 atom stereocenters. The van der Waals surface area contributed by atoms with Gasteiger partial charge in [-0.2, -0.15) is 4.31 Å². The van der Waals surface area contributed by atoms with E-state index < -0.39 is 10.0 Å². The molecule has 21 heavy (non-hydrogen) atoms. The molecule has 0 saturated carbocycles. The minimum absolute atomic E-state index is 0.241. The first-order chi connectivity index (χ1) is 9.93. The second kappa shape index (κ2) is 6.87. The largest absolute Gasteiger partial charge is 0.370 e. The van der Waals surface area contributed by atoms with Crippen LogP contribution in [0.4, 0.5) is 5.82 Å². The van der Waals surface area contributed by atoms with Crippen molar-refractivity contribution < 1.29 is 8.42 Å². The van der Waals surface area contributed by atoms with Crippen LogP contribution in [0.1, 0.15) is 12.5 Å². The topological polar surface area (TPSA) is 62.3 Å². The molecule has 0 bridgehead atoms. The number of rotatable bonds is 6. The average molecular weight is 390 g/mol. The van der Waals surface area contributed by atoms with Crippen molar-refractivity contribution in [1.82, 2.24) is 9.29 Å². The third kappa shape index (κ3) is 4.03. The number of aromatic nitrogens is 1. The number of sulfonamides is 1. The number of thiophene rings is 1. The Hall–Kier alpha value is -0.960. The lowest BCUT2D eigenvalue weighted by Gasteiger charge is -2.17. The second-order valence-electron chi connectivity index (χ2n) is 4.43. The van der Waals surface area contributed by atoms with E-state index in [0.29, 0.717) is 18.9 Å². The van der Waals surface area contributed by atoms with Crippen LogP contribution in [-0.2, 0) is 16.6 Å². The van der Waals surface area contributed by atoms with Crippen LogP contribution in [0.5, 0.6) is 0 Å². The van der Waals surface area contributed by atoms with Gasteiger partial charge in [-0.15, -0.1) is 11.3 Å². The molecular formula is C13H16BrN3O2S2. The lowest BCUT2D eigenvalue weighted by molar-refractivity contribution is 0.467. The second-order valence-corrected chi connectivity index (χ2v) is 8.76. The molecule has 0 unspecified atom stereocenters. The Morgan fingerprint density at radius 1 is 1.43 bits per heavy atom. The highest BCUT2D eigenvalue weighted by Crippen LogP contribution is 2.24. The molecule has 0 aliphatic rings. The predicted molar refractivity (Wildman–Crippen MR) is 89.1 cm³/mol. The molecule has 0 aromatic carbocycles. The van der Waals surface area contributed by atoms with Crippen LogP contribution in [0.15, 0.2) is 38.5 Å². The molecule has 0 amide bonds. The molecule has 1 N–H and O–H groups in total. The van der Waals surface area contributed by atoms with Gasteiger partial charge < -0.3 is 5.32 Å². The summed E-state index contributed by atoms with van der Waals surface area (Å²) in [5.74, 6) is 0.560. The van der Waals surface area contributed by atoms with Crippen molar-refractivity contribution >= 4 is 43.1 Å². The molecular weight excluding hydrogens is 374 g/mol. The van der Waals surface area contributed by atoms with Crippen LogP contribution in [0.25, 0.3) is 0 Å². The first kappa shape index (κ1) is 16.4. The van der Waals surface area contributed by atoms with Gasteiger partial charge in [-0.1, -0.05) is 0 Å². The molecule has 5 nitrogen and oxygen atoms in total. The molecule has 0 fully saturated rings. The van der Waals surface area contributed by atoms with E-state index in [4.69, 9.17) is 0 Å². The Labute approximate surface area is 137 Å². The highest BCUT2D eigenvalue weighted by Gasteiger charge is 2.21. The van der Waals surface area contributed by atoms with Crippen molar-refractivity contribution in [2.45, 2.75) is 18.4 Å². The first-order valence-electron chi connectivity index (χ1n) is 6.32. The van der Waals surface area contributed by atoms with Crippen molar-refractivity contribution in [3.8, 4) is 0 Å². The van der Waals surface area contributed by atoms with Crippen LogP contribution >= 0.6 is 27.3 Å². The zero-order valence-corrected chi connectivity index (χ0v) is 14.9. The van der Waals surface area contributed by atoms with Crippen molar-refractivity contribution in [2.75, 3.05) is 18.9 Å². The number of hydrogen-bond donors (Lipinski definition) is 1. The number of pyridine rings is 1. The molecule has 2 aromatic heterocycles. The maximum absolute atomic E-state index is 12.6. The molecule has 0 radical (unpaired) electrons. The third-order valence-corrected chi connectivity index (χ3v) is 6.18. The van der Waals surface area contributed by atoms with E-state index in [1.54, 1.807) is 13.1 Å². The van der Waals surface area contributed by atoms with E-state index in [1.165, 1.54) is 27.9 Å². The summed E-state index contributed by atoms with van der Waals surface area (Å²) in [5, 5.41) is 4.95. The van der Waals surface area contributed by atoms with Gasteiger partial charge in [0.25, 0.3) is 0 Å². The zero-order chi connectivity index (χ0) is 15.5. The van der Waals surface area contributed by atoms with Gasteiger partial charge in [0, 0.05) is 32.4 Å². The predicted octanol–water partition coefficient (Wildman–Crippen LogP) is 3.16. The molecule has 8 heteroatoms. The number of nitrogens with one attached hydrogen (secondary N) is 1. The molecule has 0 aliphatic heterocycles. The highest BCUT2D eigenvalue weighted by atomic mass is 79.9. The van der Waals surface area contributed by atoms with E-state index in [-0.39, 0.29) is 4.90 Å². The summed E-state index contributed by atoms with van der Waals surface area (Å²) in [7, 11) is -1.95. The van der Waals surface area contributed by atoms with E-state index in [1.807, 2.05) is 18.4 Å². The molecule has 0 spiro atoms. The third-order valence-electron chi connectivity index (χ3n) is 2.82. The fourth-order valence-electron chi connectivity index (χ4n) is 1.80. The fraction of sp³-hybridized carbons (Fsp3) is 0.308. The summed E-state index contributed by atoms with van der Waals surface area (Å²) in [6, 6.07) is 4.99. The molecule has 0 saturated heterocycles. The fourth-order valence-corrected chi connectivity index (χ4v) is 4.17. The minimum atomic E-state index is -3.53. The van der Waals surface area contributed by atoms with Gasteiger partial charge in [-0.25, -0.2) is 13.4 Å². The Bertz CT molecular complexity index is 716. The van der Waals surface area contributed by atoms with E-state index in [0.717, 1.165) is 9.35 Å². The lowest BCUT2D eigenvalue weighted by Crippen LogP contribution is -2.26. The summed E-state index contributed by atoms with van der Waals surface area (Å²) >= 11 is 4.92. The van der Waals surface area contributed by atoms with Gasteiger partial charge in [0.1, 0.15) is 5.82 Å². The number of hydrogen-bond acceptors (Lipinski definition) is 5. The lowest BCUT2D eigenvalue weighted by atomic mass is 10.3. The SMILES string of the molecule is CCNc1cc(S(=O)(=O)N(C)Cc2csc(Br)c2)ccn1. The van der Waals surface area contributed by atoms with E-state index in [2.05, 4.69) is 26.2 Å². The number of anilines is 1. The summed E-state index contributed by atoms with van der Waals surface area (Å²) in [4.78, 5) is 4.33. The first-order valence-corrected chi connectivity index (χ1v) is 9.44. The normalized spacial score (nSPS) is 11.8. The minimum Gasteiger partial charge on any atom is -0.370 e. The van der Waals surface area contributed by atoms with Gasteiger partial charge >= 0.3 is 0 Å². The maximum atomic E-state index is 12.6. The summed E-state index contributed by atoms with van der Waals surface area (Å²) < 4.78 is 27.5. The summed E-state index contributed by atoms with van der Waals surface area (Å²) in [5.41, 5.74) is 0.957. The van der Waals surface area contributed by atoms with Gasteiger partial charge in [-0.05, 0) is 45.9 Å². The zero-order valence-electron chi connectivity index (χ0n) is 11.7. The monoisotopic (exact) mass is 389 g/mol. The smallest absolute Gasteiger partial charge is 0.243 e. The molecule has 2 heterocycles. The van der Waals surface area contributed by atoms with Gasteiger partial charge in [-0.3, -0.25) is 0 Å². The van der Waals surface area contributed by atoms with E-state index in [9.17, 15) is 8.42 Å². The molecule has 0 aliphatic carbocycles. The maximum Gasteiger partial charge on any atom is 0.243 e.